The van der Waals surface area contributed by atoms with Gasteiger partial charge in [0.15, 0.2) is 11.6 Å². The van der Waals surface area contributed by atoms with Crippen LogP contribution in [-0.4, -0.2) is 33.9 Å². The average Bonchev–Trinajstić information content (AvgIpc) is 2.86. The third-order valence-corrected chi connectivity index (χ3v) is 9.36. The Bertz CT molecular complexity index is 1320. The average molecular weight is 547 g/mol. The van der Waals surface area contributed by atoms with Crippen molar-refractivity contribution >= 4 is 17.5 Å². The van der Waals surface area contributed by atoms with E-state index in [2.05, 4.69) is 20.4 Å². The number of ether oxygens (including phenoxy) is 1. The highest BCUT2D eigenvalue weighted by atomic mass is 16.5. The first-order valence-electron chi connectivity index (χ1n) is 14.2. The summed E-state index contributed by atoms with van der Waals surface area (Å²) in [5.41, 5.74) is 1.41. The summed E-state index contributed by atoms with van der Waals surface area (Å²) in [5.74, 6) is -2.34. The molecule has 0 bridgehead atoms. The Hall–Kier alpha value is -3.41. The number of ketones is 2. The molecule has 1 heterocycles. The fourth-order valence-corrected chi connectivity index (χ4v) is 6.96. The lowest BCUT2D eigenvalue weighted by molar-refractivity contribution is -0.137. The highest BCUT2D eigenvalue weighted by molar-refractivity contribution is 6.25. The Morgan fingerprint density at radius 2 is 1.82 bits per heavy atom. The normalized spacial score (nSPS) is 28.3. The number of aliphatic hydroxyl groups excluding tert-OH is 1. The predicted octanol–water partition coefficient (Wildman–Crippen LogP) is 7.24. The molecule has 2 aliphatic carbocycles. The molecule has 0 saturated heterocycles. The molecule has 1 saturated carbocycles. The SMILES string of the molecule is C=C(C)[C@@H]1C[C@@H](CC2(CC=C(C)C)C(=O)C3=C(O[C@H](C)CC3=O)C(C(CC(=O)O)c3ccccc3)=C2O)C1(C)C. The fourth-order valence-electron chi connectivity index (χ4n) is 6.96. The van der Waals surface area contributed by atoms with Crippen LogP contribution in [0.15, 0.2) is 76.8 Å². The number of hydrogen-bond acceptors (Lipinski definition) is 5. The second-order valence-electron chi connectivity index (χ2n) is 12.8. The van der Waals surface area contributed by atoms with E-state index in [0.717, 1.165) is 17.6 Å². The Labute approximate surface area is 237 Å². The molecule has 3 aliphatic rings. The van der Waals surface area contributed by atoms with Gasteiger partial charge >= 0.3 is 5.97 Å². The number of aliphatic carboxylic acids is 1. The predicted molar refractivity (Wildman–Crippen MR) is 155 cm³/mol. The van der Waals surface area contributed by atoms with Gasteiger partial charge in [-0.2, -0.15) is 0 Å². The third kappa shape index (κ3) is 5.09. The van der Waals surface area contributed by atoms with E-state index in [1.54, 1.807) is 6.92 Å². The van der Waals surface area contributed by atoms with Crippen molar-refractivity contribution in [3.8, 4) is 0 Å². The number of rotatable bonds is 9. The molecule has 1 aliphatic heterocycles. The minimum absolute atomic E-state index is 0.0343. The summed E-state index contributed by atoms with van der Waals surface area (Å²) in [6, 6.07) is 9.08. The largest absolute Gasteiger partial charge is 0.511 e. The first-order valence-corrected chi connectivity index (χ1v) is 14.2. The van der Waals surface area contributed by atoms with E-state index < -0.39 is 29.2 Å². The number of carbonyl (C=O) groups is 3. The van der Waals surface area contributed by atoms with E-state index in [-0.39, 0.29) is 59.0 Å². The van der Waals surface area contributed by atoms with Crippen LogP contribution in [0.3, 0.4) is 0 Å². The number of Topliss-reactive ketones (excluding diaryl/α,β-unsaturated/α-hetero) is 2. The molecule has 2 N–H and O–H groups in total. The minimum atomic E-state index is -1.40. The Kier molecular flexibility index (Phi) is 8.04. The van der Waals surface area contributed by atoms with Crippen LogP contribution >= 0.6 is 0 Å². The summed E-state index contributed by atoms with van der Waals surface area (Å²) in [6.45, 7) is 16.1. The van der Waals surface area contributed by atoms with Crippen LogP contribution < -0.4 is 0 Å². The van der Waals surface area contributed by atoms with Crippen molar-refractivity contribution in [2.24, 2.45) is 22.7 Å². The van der Waals surface area contributed by atoms with Crippen molar-refractivity contribution in [1.29, 1.82) is 0 Å². The van der Waals surface area contributed by atoms with E-state index in [0.29, 0.717) is 17.9 Å². The zero-order chi connectivity index (χ0) is 29.6. The van der Waals surface area contributed by atoms with Gasteiger partial charge < -0.3 is 14.9 Å². The molecule has 1 aromatic carbocycles. The van der Waals surface area contributed by atoms with Gasteiger partial charge in [0.05, 0.1) is 11.8 Å². The van der Waals surface area contributed by atoms with Crippen LogP contribution in [0.25, 0.3) is 0 Å². The van der Waals surface area contributed by atoms with Gasteiger partial charge in [-0.25, -0.2) is 0 Å². The fraction of sp³-hybridized carbons (Fsp3) is 0.500. The maximum Gasteiger partial charge on any atom is 0.304 e. The molecule has 0 aromatic heterocycles. The van der Waals surface area contributed by atoms with Crippen LogP contribution in [0.5, 0.6) is 0 Å². The molecule has 4 rings (SSSR count). The van der Waals surface area contributed by atoms with Crippen molar-refractivity contribution in [1.82, 2.24) is 0 Å². The standard InChI is InChI=1S/C34H42O6/c1-19(2)13-14-34(18-23-16-25(20(3)4)33(23,6)7)31(38)28(24(17-27(36)37)22-11-9-8-10-12-22)30-29(32(34)39)26(35)15-21(5)40-30/h8-13,21,23-25,38H,3,14-18H2,1-2,4-7H3,(H,36,37)/t21-,23+,24?,25+,34?/m1/s1. The van der Waals surface area contributed by atoms with Crippen molar-refractivity contribution in [3.63, 3.8) is 0 Å². The lowest BCUT2D eigenvalue weighted by Gasteiger charge is -2.56. The zero-order valence-corrected chi connectivity index (χ0v) is 24.5. The molecule has 2 unspecified atom stereocenters. The van der Waals surface area contributed by atoms with Crippen LogP contribution in [0.1, 0.15) is 85.1 Å². The second kappa shape index (κ2) is 10.9. The van der Waals surface area contributed by atoms with E-state index in [9.17, 15) is 24.6 Å². The maximum atomic E-state index is 14.5. The van der Waals surface area contributed by atoms with Crippen LogP contribution in [-0.2, 0) is 19.1 Å². The van der Waals surface area contributed by atoms with Crippen molar-refractivity contribution in [2.75, 3.05) is 0 Å². The number of allylic oxidation sites excluding steroid dienone is 6. The lowest BCUT2D eigenvalue weighted by atomic mass is 9.48. The van der Waals surface area contributed by atoms with Crippen molar-refractivity contribution in [3.05, 3.63) is 82.4 Å². The van der Waals surface area contributed by atoms with E-state index in [1.165, 1.54) is 0 Å². The highest BCUT2D eigenvalue weighted by Gasteiger charge is 2.58. The molecule has 214 valence electrons. The summed E-state index contributed by atoms with van der Waals surface area (Å²) < 4.78 is 6.15. The van der Waals surface area contributed by atoms with Gasteiger partial charge in [-0.15, -0.1) is 0 Å². The number of benzene rings is 1. The van der Waals surface area contributed by atoms with Crippen LogP contribution in [0.2, 0.25) is 0 Å². The molecule has 0 radical (unpaired) electrons. The lowest BCUT2D eigenvalue weighted by Crippen LogP contribution is -2.51. The first kappa shape index (κ1) is 29.6. The maximum absolute atomic E-state index is 14.5. The van der Waals surface area contributed by atoms with Gasteiger partial charge in [-0.05, 0) is 69.8 Å². The van der Waals surface area contributed by atoms with Crippen molar-refractivity contribution in [2.45, 2.75) is 85.7 Å². The Morgan fingerprint density at radius 1 is 1.18 bits per heavy atom. The third-order valence-electron chi connectivity index (χ3n) is 9.36. The summed E-state index contributed by atoms with van der Waals surface area (Å²) >= 11 is 0. The summed E-state index contributed by atoms with van der Waals surface area (Å²) in [6.07, 6.45) is 2.54. The van der Waals surface area contributed by atoms with Gasteiger partial charge in [0.25, 0.3) is 0 Å². The molecule has 6 heteroatoms. The number of carboxylic acids is 1. The van der Waals surface area contributed by atoms with Crippen LogP contribution in [0.4, 0.5) is 0 Å². The molecule has 40 heavy (non-hydrogen) atoms. The molecular formula is C34H42O6. The highest BCUT2D eigenvalue weighted by Crippen LogP contribution is 2.61. The van der Waals surface area contributed by atoms with Gasteiger partial charge in [0, 0.05) is 17.9 Å². The summed E-state index contributed by atoms with van der Waals surface area (Å²) in [4.78, 5) is 40.2. The topological polar surface area (TPSA) is 101 Å². The van der Waals surface area contributed by atoms with Crippen molar-refractivity contribution < 1.29 is 29.3 Å². The number of carboxylic acid groups (broad SMARTS) is 1. The molecule has 6 nitrogen and oxygen atoms in total. The molecule has 0 amide bonds. The summed E-state index contributed by atoms with van der Waals surface area (Å²) in [5, 5.41) is 22.3. The molecule has 1 fully saturated rings. The molecule has 1 aromatic rings. The van der Waals surface area contributed by atoms with Gasteiger partial charge in [0.1, 0.15) is 23.2 Å². The molecule has 5 atom stereocenters. The quantitative estimate of drug-likeness (QED) is 0.250. The monoisotopic (exact) mass is 546 g/mol. The smallest absolute Gasteiger partial charge is 0.304 e. The number of carbonyl (C=O) groups excluding carboxylic acids is 2. The number of hydrogen-bond donors (Lipinski definition) is 2. The van der Waals surface area contributed by atoms with E-state index in [1.807, 2.05) is 57.2 Å². The van der Waals surface area contributed by atoms with Gasteiger partial charge in [-0.3, -0.25) is 14.4 Å². The summed E-state index contributed by atoms with van der Waals surface area (Å²) in [7, 11) is 0. The zero-order valence-electron chi connectivity index (χ0n) is 24.5. The minimum Gasteiger partial charge on any atom is -0.511 e. The first-order chi connectivity index (χ1) is 18.7. The number of aliphatic hydroxyl groups is 1. The van der Waals surface area contributed by atoms with Gasteiger partial charge in [0.2, 0.25) is 0 Å². The second-order valence-corrected chi connectivity index (χ2v) is 12.8. The molecular weight excluding hydrogens is 504 g/mol. The van der Waals surface area contributed by atoms with Crippen LogP contribution in [0, 0.1) is 22.7 Å². The van der Waals surface area contributed by atoms with E-state index >= 15 is 0 Å². The van der Waals surface area contributed by atoms with E-state index in [4.69, 9.17) is 4.74 Å². The Morgan fingerprint density at radius 3 is 2.38 bits per heavy atom. The molecule has 0 spiro atoms. The van der Waals surface area contributed by atoms with Gasteiger partial charge in [-0.1, -0.05) is 68.0 Å². The Balaban J connectivity index is 1.99.